The molecule has 0 saturated heterocycles. The van der Waals surface area contributed by atoms with Crippen LogP contribution in [0.2, 0.25) is 0 Å². The SMILES string of the molecule is CCn1nc(C)c(Br)c1CNCc1ccc2c(c1)OCO2. The van der Waals surface area contributed by atoms with Gasteiger partial charge in [0.25, 0.3) is 0 Å². The zero-order valence-corrected chi connectivity index (χ0v) is 13.7. The van der Waals surface area contributed by atoms with E-state index >= 15 is 0 Å². The first-order chi connectivity index (χ1) is 10.2. The number of aromatic nitrogens is 2. The van der Waals surface area contributed by atoms with Gasteiger partial charge < -0.3 is 14.8 Å². The van der Waals surface area contributed by atoms with Gasteiger partial charge in [-0.1, -0.05) is 6.07 Å². The van der Waals surface area contributed by atoms with Gasteiger partial charge in [-0.3, -0.25) is 4.68 Å². The molecule has 5 nitrogen and oxygen atoms in total. The monoisotopic (exact) mass is 351 g/mol. The van der Waals surface area contributed by atoms with E-state index in [0.29, 0.717) is 6.79 Å². The molecular weight excluding hydrogens is 334 g/mol. The van der Waals surface area contributed by atoms with E-state index in [1.54, 1.807) is 0 Å². The van der Waals surface area contributed by atoms with Crippen molar-refractivity contribution in [1.82, 2.24) is 15.1 Å². The fraction of sp³-hybridized carbons (Fsp3) is 0.400. The highest BCUT2D eigenvalue weighted by Gasteiger charge is 2.14. The first-order valence-corrected chi connectivity index (χ1v) is 7.79. The van der Waals surface area contributed by atoms with Crippen LogP contribution in [-0.4, -0.2) is 16.6 Å². The van der Waals surface area contributed by atoms with E-state index in [4.69, 9.17) is 9.47 Å². The number of ether oxygens (including phenoxy) is 2. The molecular formula is C15H18BrN3O2. The first kappa shape index (κ1) is 14.4. The van der Waals surface area contributed by atoms with Gasteiger partial charge in [0.15, 0.2) is 11.5 Å². The maximum absolute atomic E-state index is 5.39. The highest BCUT2D eigenvalue weighted by molar-refractivity contribution is 9.10. The van der Waals surface area contributed by atoms with Crippen LogP contribution in [-0.2, 0) is 19.6 Å². The minimum atomic E-state index is 0.314. The summed E-state index contributed by atoms with van der Waals surface area (Å²) in [5.41, 5.74) is 3.38. The summed E-state index contributed by atoms with van der Waals surface area (Å²) in [5.74, 6) is 1.64. The van der Waals surface area contributed by atoms with E-state index in [-0.39, 0.29) is 0 Å². The van der Waals surface area contributed by atoms with E-state index in [0.717, 1.165) is 41.3 Å². The highest BCUT2D eigenvalue weighted by atomic mass is 79.9. The summed E-state index contributed by atoms with van der Waals surface area (Å²) in [6.07, 6.45) is 0. The van der Waals surface area contributed by atoms with E-state index in [9.17, 15) is 0 Å². The Hall–Kier alpha value is -1.53. The van der Waals surface area contributed by atoms with Crippen LogP contribution in [0.1, 0.15) is 23.9 Å². The minimum Gasteiger partial charge on any atom is -0.454 e. The third kappa shape index (κ3) is 2.91. The molecule has 0 spiro atoms. The molecule has 0 bridgehead atoms. The quantitative estimate of drug-likeness (QED) is 0.899. The standard InChI is InChI=1S/C15H18BrN3O2/c1-3-19-12(15(16)10(2)18-19)8-17-7-11-4-5-13-14(6-11)21-9-20-13/h4-6,17H,3,7-9H2,1-2H3. The van der Waals surface area contributed by atoms with Crippen LogP contribution in [0.15, 0.2) is 22.7 Å². The maximum atomic E-state index is 5.39. The smallest absolute Gasteiger partial charge is 0.231 e. The number of benzene rings is 1. The van der Waals surface area contributed by atoms with Crippen molar-refractivity contribution >= 4 is 15.9 Å². The van der Waals surface area contributed by atoms with Gasteiger partial charge >= 0.3 is 0 Å². The zero-order valence-electron chi connectivity index (χ0n) is 12.1. The Labute approximate surface area is 132 Å². The summed E-state index contributed by atoms with van der Waals surface area (Å²) < 4.78 is 13.8. The molecule has 1 N–H and O–H groups in total. The van der Waals surface area contributed by atoms with Crippen molar-refractivity contribution in [3.8, 4) is 11.5 Å². The van der Waals surface area contributed by atoms with Crippen LogP contribution in [0.25, 0.3) is 0 Å². The molecule has 0 radical (unpaired) electrons. The van der Waals surface area contributed by atoms with Crippen molar-refractivity contribution in [2.75, 3.05) is 6.79 Å². The van der Waals surface area contributed by atoms with Crippen LogP contribution in [0.5, 0.6) is 11.5 Å². The fourth-order valence-corrected chi connectivity index (χ4v) is 2.84. The van der Waals surface area contributed by atoms with Crippen LogP contribution in [0.4, 0.5) is 0 Å². The van der Waals surface area contributed by atoms with Gasteiger partial charge in [-0.05, 0) is 47.5 Å². The average molecular weight is 352 g/mol. The van der Waals surface area contributed by atoms with Gasteiger partial charge in [0.2, 0.25) is 6.79 Å². The molecule has 1 aliphatic heterocycles. The third-order valence-electron chi connectivity index (χ3n) is 3.51. The average Bonchev–Trinajstić information content (AvgIpc) is 3.05. The lowest BCUT2D eigenvalue weighted by molar-refractivity contribution is 0.174. The van der Waals surface area contributed by atoms with E-state index < -0.39 is 0 Å². The van der Waals surface area contributed by atoms with Crippen molar-refractivity contribution in [1.29, 1.82) is 0 Å². The Morgan fingerprint density at radius 3 is 2.90 bits per heavy atom. The summed E-state index contributed by atoms with van der Waals surface area (Å²) in [7, 11) is 0. The molecule has 0 fully saturated rings. The Morgan fingerprint density at radius 1 is 1.29 bits per heavy atom. The van der Waals surface area contributed by atoms with Crippen LogP contribution in [0.3, 0.4) is 0 Å². The molecule has 112 valence electrons. The molecule has 0 unspecified atom stereocenters. The van der Waals surface area contributed by atoms with Crippen molar-refractivity contribution in [2.24, 2.45) is 0 Å². The van der Waals surface area contributed by atoms with Crippen molar-refractivity contribution < 1.29 is 9.47 Å². The van der Waals surface area contributed by atoms with Gasteiger partial charge in [-0.2, -0.15) is 5.10 Å². The number of aryl methyl sites for hydroxylation is 2. The Kier molecular flexibility index (Phi) is 4.17. The second-order valence-corrected chi connectivity index (χ2v) is 5.75. The van der Waals surface area contributed by atoms with Crippen molar-refractivity contribution in [3.63, 3.8) is 0 Å². The van der Waals surface area contributed by atoms with E-state index in [2.05, 4.69) is 39.3 Å². The molecule has 3 rings (SSSR count). The fourth-order valence-electron chi connectivity index (χ4n) is 2.41. The van der Waals surface area contributed by atoms with Gasteiger partial charge in [0.1, 0.15) is 0 Å². The first-order valence-electron chi connectivity index (χ1n) is 7.00. The highest BCUT2D eigenvalue weighted by Crippen LogP contribution is 2.32. The predicted molar refractivity (Wildman–Crippen MR) is 83.4 cm³/mol. The topological polar surface area (TPSA) is 48.3 Å². The number of fused-ring (bicyclic) bond motifs is 1. The molecule has 0 saturated carbocycles. The lowest BCUT2D eigenvalue weighted by Gasteiger charge is -2.08. The van der Waals surface area contributed by atoms with Gasteiger partial charge in [0, 0.05) is 19.6 Å². The summed E-state index contributed by atoms with van der Waals surface area (Å²) in [6, 6.07) is 6.03. The van der Waals surface area contributed by atoms with Gasteiger partial charge in [-0.25, -0.2) is 0 Å². The molecule has 1 aliphatic rings. The number of nitrogens with one attached hydrogen (secondary N) is 1. The molecule has 2 heterocycles. The number of rotatable bonds is 5. The number of hydrogen-bond donors (Lipinski definition) is 1. The second kappa shape index (κ2) is 6.07. The molecule has 1 aromatic carbocycles. The number of nitrogens with zero attached hydrogens (tertiary/aromatic N) is 2. The van der Waals surface area contributed by atoms with Crippen LogP contribution >= 0.6 is 15.9 Å². The largest absolute Gasteiger partial charge is 0.454 e. The lowest BCUT2D eigenvalue weighted by atomic mass is 10.2. The Bertz CT molecular complexity index is 655. The minimum absolute atomic E-state index is 0.314. The van der Waals surface area contributed by atoms with Crippen molar-refractivity contribution in [2.45, 2.75) is 33.5 Å². The normalized spacial score (nSPS) is 12.9. The Balaban J connectivity index is 1.64. The molecule has 1 aromatic heterocycles. The molecule has 0 amide bonds. The number of hydrogen-bond acceptors (Lipinski definition) is 4. The van der Waals surface area contributed by atoms with Gasteiger partial charge in [0.05, 0.1) is 15.9 Å². The maximum Gasteiger partial charge on any atom is 0.231 e. The zero-order chi connectivity index (χ0) is 14.8. The van der Waals surface area contributed by atoms with E-state index in [1.807, 2.05) is 23.7 Å². The van der Waals surface area contributed by atoms with Crippen LogP contribution < -0.4 is 14.8 Å². The molecule has 21 heavy (non-hydrogen) atoms. The summed E-state index contributed by atoms with van der Waals surface area (Å²) in [6.45, 7) is 6.83. The molecule has 6 heteroatoms. The second-order valence-electron chi connectivity index (χ2n) is 4.95. The molecule has 2 aromatic rings. The van der Waals surface area contributed by atoms with Crippen LogP contribution in [0, 0.1) is 6.92 Å². The molecule has 0 atom stereocenters. The van der Waals surface area contributed by atoms with Crippen molar-refractivity contribution in [3.05, 3.63) is 39.6 Å². The summed E-state index contributed by atoms with van der Waals surface area (Å²) >= 11 is 3.61. The van der Waals surface area contributed by atoms with E-state index in [1.165, 1.54) is 11.3 Å². The predicted octanol–water partition coefficient (Wildman–Crippen LogP) is 2.99. The molecule has 0 aliphatic carbocycles. The lowest BCUT2D eigenvalue weighted by Crippen LogP contribution is -2.16. The summed E-state index contributed by atoms with van der Waals surface area (Å²) in [4.78, 5) is 0. The number of halogens is 1. The summed E-state index contributed by atoms with van der Waals surface area (Å²) in [5, 5.41) is 7.95. The third-order valence-corrected chi connectivity index (χ3v) is 4.54. The van der Waals surface area contributed by atoms with Gasteiger partial charge in [-0.15, -0.1) is 0 Å². The Morgan fingerprint density at radius 2 is 2.10 bits per heavy atom.